The summed E-state index contributed by atoms with van der Waals surface area (Å²) in [5.41, 5.74) is 0.123. The molecular formula is C18H22N4O3. The van der Waals surface area contributed by atoms with Crippen LogP contribution in [0.1, 0.15) is 36.2 Å². The third-order valence-corrected chi connectivity index (χ3v) is 4.70. The third kappa shape index (κ3) is 4.21. The Bertz CT molecular complexity index is 676. The fourth-order valence-electron chi connectivity index (χ4n) is 3.26. The quantitative estimate of drug-likeness (QED) is 0.662. The van der Waals surface area contributed by atoms with Gasteiger partial charge in [-0.2, -0.15) is 5.26 Å². The van der Waals surface area contributed by atoms with E-state index in [1.165, 1.54) is 6.26 Å². The highest BCUT2D eigenvalue weighted by Crippen LogP contribution is 2.18. The van der Waals surface area contributed by atoms with E-state index in [-0.39, 0.29) is 23.4 Å². The molecule has 3 rings (SSSR count). The van der Waals surface area contributed by atoms with Crippen molar-refractivity contribution in [3.63, 3.8) is 0 Å². The fraction of sp³-hybridized carbons (Fsp3) is 0.500. The number of nitrogens with zero attached hydrogens (tertiary/aromatic N) is 3. The average Bonchev–Trinajstić information content (AvgIpc) is 3.33. The van der Waals surface area contributed by atoms with Crippen molar-refractivity contribution in [1.29, 1.82) is 5.26 Å². The molecule has 0 radical (unpaired) electrons. The van der Waals surface area contributed by atoms with Gasteiger partial charge in [-0.25, -0.2) is 0 Å². The second-order valence-electron chi connectivity index (χ2n) is 6.41. The van der Waals surface area contributed by atoms with Gasteiger partial charge in [0, 0.05) is 38.4 Å². The van der Waals surface area contributed by atoms with Crippen molar-refractivity contribution in [3.8, 4) is 6.07 Å². The molecule has 1 aromatic heterocycles. The number of furan rings is 1. The molecule has 1 N–H and O–H groups in total. The van der Waals surface area contributed by atoms with Gasteiger partial charge in [0.2, 0.25) is 0 Å². The summed E-state index contributed by atoms with van der Waals surface area (Å²) in [5.74, 6) is -0.103. The van der Waals surface area contributed by atoms with Crippen LogP contribution < -0.4 is 5.32 Å². The first kappa shape index (κ1) is 17.1. The highest BCUT2D eigenvalue weighted by Gasteiger charge is 2.24. The molecule has 1 saturated carbocycles. The number of amides is 2. The molecule has 132 valence electrons. The van der Waals surface area contributed by atoms with Crippen LogP contribution in [0.25, 0.3) is 0 Å². The monoisotopic (exact) mass is 342 g/mol. The molecule has 0 unspecified atom stereocenters. The van der Waals surface area contributed by atoms with Crippen molar-refractivity contribution >= 4 is 11.8 Å². The highest BCUT2D eigenvalue weighted by molar-refractivity contribution is 5.97. The van der Waals surface area contributed by atoms with Crippen LogP contribution >= 0.6 is 0 Å². The van der Waals surface area contributed by atoms with E-state index in [1.54, 1.807) is 23.2 Å². The summed E-state index contributed by atoms with van der Waals surface area (Å²) in [4.78, 5) is 28.1. The Morgan fingerprint density at radius 1 is 1.24 bits per heavy atom. The maximum atomic E-state index is 12.2. The summed E-state index contributed by atoms with van der Waals surface area (Å²) in [7, 11) is 0. The number of carbonyl (C=O) groups is 2. The number of nitriles is 1. The minimum absolute atomic E-state index is 0.123. The van der Waals surface area contributed by atoms with E-state index in [1.807, 2.05) is 11.0 Å². The SMILES string of the molecule is N#C/C(=C/N1CCN(C(=O)c2ccco2)CC1)C(=O)NC1CCCC1. The minimum Gasteiger partial charge on any atom is -0.459 e. The summed E-state index contributed by atoms with van der Waals surface area (Å²) >= 11 is 0. The van der Waals surface area contributed by atoms with Crippen molar-refractivity contribution in [2.45, 2.75) is 31.7 Å². The Balaban J connectivity index is 1.54. The molecule has 7 nitrogen and oxygen atoms in total. The summed E-state index contributed by atoms with van der Waals surface area (Å²) in [5, 5.41) is 12.2. The van der Waals surface area contributed by atoms with Crippen molar-refractivity contribution in [1.82, 2.24) is 15.1 Å². The van der Waals surface area contributed by atoms with Crippen LogP contribution in [0.2, 0.25) is 0 Å². The zero-order chi connectivity index (χ0) is 17.6. The lowest BCUT2D eigenvalue weighted by Crippen LogP contribution is -2.47. The number of carbonyl (C=O) groups excluding carboxylic acids is 2. The van der Waals surface area contributed by atoms with Crippen molar-refractivity contribution < 1.29 is 14.0 Å². The van der Waals surface area contributed by atoms with Gasteiger partial charge in [0.05, 0.1) is 6.26 Å². The van der Waals surface area contributed by atoms with Gasteiger partial charge in [0.25, 0.3) is 11.8 Å². The molecule has 1 aliphatic heterocycles. The van der Waals surface area contributed by atoms with Gasteiger partial charge in [-0.3, -0.25) is 9.59 Å². The summed E-state index contributed by atoms with van der Waals surface area (Å²) < 4.78 is 5.14. The molecule has 2 amide bonds. The molecule has 0 bridgehead atoms. The zero-order valence-corrected chi connectivity index (χ0v) is 14.1. The van der Waals surface area contributed by atoms with E-state index in [9.17, 15) is 14.9 Å². The fourth-order valence-corrected chi connectivity index (χ4v) is 3.26. The molecule has 2 aliphatic rings. The second kappa shape index (κ2) is 7.88. The van der Waals surface area contributed by atoms with Crippen LogP contribution in [0.15, 0.2) is 34.6 Å². The van der Waals surface area contributed by atoms with E-state index in [4.69, 9.17) is 4.42 Å². The molecular weight excluding hydrogens is 320 g/mol. The number of hydrogen-bond acceptors (Lipinski definition) is 5. The standard InChI is InChI=1S/C18H22N4O3/c19-12-14(17(23)20-15-4-1-2-5-15)13-21-7-9-22(10-8-21)18(24)16-6-3-11-25-16/h3,6,11,13,15H,1-2,4-5,7-10H2,(H,20,23)/b14-13-. The van der Waals surface area contributed by atoms with Gasteiger partial charge >= 0.3 is 0 Å². The highest BCUT2D eigenvalue weighted by atomic mass is 16.3. The van der Waals surface area contributed by atoms with Crippen molar-refractivity contribution in [2.75, 3.05) is 26.2 Å². The zero-order valence-electron chi connectivity index (χ0n) is 14.1. The van der Waals surface area contributed by atoms with E-state index in [0.29, 0.717) is 31.9 Å². The normalized spacial score (nSPS) is 18.9. The molecule has 0 aromatic carbocycles. The first-order valence-corrected chi connectivity index (χ1v) is 8.67. The van der Waals surface area contributed by atoms with E-state index < -0.39 is 0 Å². The Kier molecular flexibility index (Phi) is 5.39. The number of nitrogens with one attached hydrogen (secondary N) is 1. The predicted molar refractivity (Wildman–Crippen MR) is 90.3 cm³/mol. The van der Waals surface area contributed by atoms with Crippen molar-refractivity contribution in [2.24, 2.45) is 0 Å². The lowest BCUT2D eigenvalue weighted by molar-refractivity contribution is -0.117. The lowest BCUT2D eigenvalue weighted by Gasteiger charge is -2.33. The largest absolute Gasteiger partial charge is 0.459 e. The Labute approximate surface area is 146 Å². The van der Waals surface area contributed by atoms with Gasteiger partial charge in [-0.05, 0) is 25.0 Å². The van der Waals surface area contributed by atoms with Crippen molar-refractivity contribution in [3.05, 3.63) is 35.9 Å². The molecule has 25 heavy (non-hydrogen) atoms. The molecule has 0 atom stereocenters. The van der Waals surface area contributed by atoms with E-state index in [2.05, 4.69) is 5.32 Å². The number of rotatable bonds is 4. The molecule has 1 saturated heterocycles. The van der Waals surface area contributed by atoms with Crippen LogP contribution in [0.3, 0.4) is 0 Å². The molecule has 2 fully saturated rings. The number of piperazine rings is 1. The summed E-state index contributed by atoms with van der Waals surface area (Å²) in [6.07, 6.45) is 7.31. The van der Waals surface area contributed by atoms with Crippen LogP contribution in [0, 0.1) is 11.3 Å². The first-order chi connectivity index (χ1) is 12.2. The summed E-state index contributed by atoms with van der Waals surface area (Å²) in [6.45, 7) is 2.21. The topological polar surface area (TPSA) is 89.6 Å². The van der Waals surface area contributed by atoms with Gasteiger partial charge in [0.15, 0.2) is 5.76 Å². The molecule has 0 spiro atoms. The van der Waals surface area contributed by atoms with Gasteiger partial charge < -0.3 is 19.5 Å². The smallest absolute Gasteiger partial charge is 0.289 e. The van der Waals surface area contributed by atoms with Gasteiger partial charge in [-0.15, -0.1) is 0 Å². The van der Waals surface area contributed by atoms with Gasteiger partial charge in [0.1, 0.15) is 11.6 Å². The molecule has 1 aromatic rings. The Morgan fingerprint density at radius 2 is 1.96 bits per heavy atom. The second-order valence-corrected chi connectivity index (χ2v) is 6.41. The Hall–Kier alpha value is -2.75. The first-order valence-electron chi connectivity index (χ1n) is 8.67. The molecule has 2 heterocycles. The molecule has 1 aliphatic carbocycles. The third-order valence-electron chi connectivity index (χ3n) is 4.70. The maximum Gasteiger partial charge on any atom is 0.289 e. The predicted octanol–water partition coefficient (Wildman–Crippen LogP) is 1.50. The Morgan fingerprint density at radius 3 is 2.56 bits per heavy atom. The van der Waals surface area contributed by atoms with E-state index >= 15 is 0 Å². The van der Waals surface area contributed by atoms with Crippen LogP contribution in [-0.2, 0) is 4.79 Å². The van der Waals surface area contributed by atoms with Crippen LogP contribution in [0.4, 0.5) is 0 Å². The van der Waals surface area contributed by atoms with E-state index in [0.717, 1.165) is 25.7 Å². The number of hydrogen-bond donors (Lipinski definition) is 1. The molecule has 7 heteroatoms. The minimum atomic E-state index is -0.302. The maximum absolute atomic E-state index is 12.2. The average molecular weight is 342 g/mol. The lowest BCUT2D eigenvalue weighted by atomic mass is 10.2. The van der Waals surface area contributed by atoms with Gasteiger partial charge in [-0.1, -0.05) is 12.8 Å². The van der Waals surface area contributed by atoms with Crippen LogP contribution in [-0.4, -0.2) is 53.8 Å². The summed E-state index contributed by atoms with van der Waals surface area (Å²) in [6, 6.07) is 5.52. The van der Waals surface area contributed by atoms with Crippen LogP contribution in [0.5, 0.6) is 0 Å².